The standard InChI is InChI=1S/C18H18NO4P/c1-21-13-6-9-15-16(18(20)19-17(15)11-13)10-12-4-7-14(8-5-12)24(22-2)23-3/h4-11H,1-3H3,(H,19,20)/b16-10-. The van der Waals surface area contributed by atoms with Gasteiger partial charge in [0.05, 0.1) is 12.8 Å². The normalized spacial score (nSPS) is 14.8. The Labute approximate surface area is 142 Å². The maximum absolute atomic E-state index is 12.2. The fourth-order valence-electron chi connectivity index (χ4n) is 2.59. The van der Waals surface area contributed by atoms with E-state index in [0.717, 1.165) is 22.1 Å². The fourth-order valence-corrected chi connectivity index (χ4v) is 3.55. The number of fused-ring (bicyclic) bond motifs is 1. The lowest BCUT2D eigenvalue weighted by molar-refractivity contribution is -0.110. The van der Waals surface area contributed by atoms with E-state index in [-0.39, 0.29) is 5.91 Å². The molecule has 2 aromatic rings. The number of rotatable bonds is 5. The van der Waals surface area contributed by atoms with Crippen LogP contribution in [0.15, 0.2) is 42.5 Å². The molecule has 0 atom stereocenters. The van der Waals surface area contributed by atoms with E-state index < -0.39 is 8.38 Å². The second-order valence-electron chi connectivity index (χ2n) is 5.14. The fraction of sp³-hybridized carbons (Fsp3) is 0.167. The van der Waals surface area contributed by atoms with Crippen molar-refractivity contribution in [1.82, 2.24) is 0 Å². The average Bonchev–Trinajstić information content (AvgIpc) is 2.92. The van der Waals surface area contributed by atoms with Crippen LogP contribution in [0.5, 0.6) is 5.75 Å². The van der Waals surface area contributed by atoms with Crippen molar-refractivity contribution in [2.24, 2.45) is 0 Å². The maximum atomic E-state index is 12.2. The molecule has 0 fully saturated rings. The van der Waals surface area contributed by atoms with E-state index in [0.29, 0.717) is 11.3 Å². The Morgan fingerprint density at radius 2 is 1.71 bits per heavy atom. The first-order valence-electron chi connectivity index (χ1n) is 7.36. The van der Waals surface area contributed by atoms with Crippen LogP contribution in [0.3, 0.4) is 0 Å². The summed E-state index contributed by atoms with van der Waals surface area (Å²) in [5.41, 5.74) is 3.22. The van der Waals surface area contributed by atoms with Crippen molar-refractivity contribution < 1.29 is 18.6 Å². The van der Waals surface area contributed by atoms with E-state index in [9.17, 15) is 4.79 Å². The number of anilines is 1. The Bertz CT molecular complexity index is 782. The molecule has 0 aliphatic carbocycles. The molecule has 2 aromatic carbocycles. The number of nitrogens with one attached hydrogen (secondary N) is 1. The highest BCUT2D eigenvalue weighted by molar-refractivity contribution is 7.55. The Hall–Kier alpha value is -2.20. The molecular formula is C18H18NO4P. The molecule has 6 heteroatoms. The van der Waals surface area contributed by atoms with E-state index in [4.69, 9.17) is 13.8 Å². The molecule has 1 aliphatic heterocycles. The second-order valence-corrected chi connectivity index (χ2v) is 6.90. The highest BCUT2D eigenvalue weighted by Gasteiger charge is 2.24. The van der Waals surface area contributed by atoms with Crippen molar-refractivity contribution in [1.29, 1.82) is 0 Å². The number of hydrogen-bond acceptors (Lipinski definition) is 4. The van der Waals surface area contributed by atoms with Crippen LogP contribution in [0.4, 0.5) is 5.69 Å². The smallest absolute Gasteiger partial charge is 0.256 e. The minimum absolute atomic E-state index is 0.113. The lowest BCUT2D eigenvalue weighted by Crippen LogP contribution is -2.04. The number of amides is 1. The monoisotopic (exact) mass is 343 g/mol. The molecule has 1 aliphatic rings. The zero-order valence-electron chi connectivity index (χ0n) is 13.7. The summed E-state index contributed by atoms with van der Waals surface area (Å²) >= 11 is 0. The zero-order valence-corrected chi connectivity index (χ0v) is 14.6. The first-order chi connectivity index (χ1) is 11.7. The predicted molar refractivity (Wildman–Crippen MR) is 96.5 cm³/mol. The van der Waals surface area contributed by atoms with Gasteiger partial charge in [-0.05, 0) is 35.9 Å². The molecule has 5 nitrogen and oxygen atoms in total. The summed E-state index contributed by atoms with van der Waals surface area (Å²) in [4.78, 5) is 12.2. The van der Waals surface area contributed by atoms with Crippen LogP contribution >= 0.6 is 8.38 Å². The third-order valence-electron chi connectivity index (χ3n) is 3.76. The molecule has 0 saturated carbocycles. The number of benzene rings is 2. The highest BCUT2D eigenvalue weighted by atomic mass is 31.2. The van der Waals surface area contributed by atoms with Crippen LogP contribution in [0.2, 0.25) is 0 Å². The van der Waals surface area contributed by atoms with E-state index in [1.54, 1.807) is 21.3 Å². The minimum atomic E-state index is -1.05. The van der Waals surface area contributed by atoms with Gasteiger partial charge in [0.1, 0.15) is 5.75 Å². The van der Waals surface area contributed by atoms with Gasteiger partial charge in [-0.15, -0.1) is 0 Å². The van der Waals surface area contributed by atoms with Crippen molar-refractivity contribution >= 4 is 36.9 Å². The molecule has 0 aromatic heterocycles. The van der Waals surface area contributed by atoms with Crippen molar-refractivity contribution in [2.45, 2.75) is 0 Å². The van der Waals surface area contributed by atoms with Gasteiger partial charge < -0.3 is 19.1 Å². The molecule has 1 heterocycles. The van der Waals surface area contributed by atoms with Gasteiger partial charge in [0.15, 0.2) is 0 Å². The SMILES string of the molecule is COc1ccc2c(c1)NC(=O)/C2=C\c1ccc(P(OC)OC)cc1. The number of methoxy groups -OCH3 is 1. The average molecular weight is 343 g/mol. The van der Waals surface area contributed by atoms with Gasteiger partial charge in [0.2, 0.25) is 8.38 Å². The van der Waals surface area contributed by atoms with Crippen molar-refractivity contribution in [2.75, 3.05) is 26.6 Å². The van der Waals surface area contributed by atoms with Gasteiger partial charge in [0.25, 0.3) is 5.91 Å². The first kappa shape index (κ1) is 16.7. The van der Waals surface area contributed by atoms with Gasteiger partial charge in [-0.3, -0.25) is 4.79 Å². The molecule has 3 rings (SSSR count). The van der Waals surface area contributed by atoms with Gasteiger partial charge in [-0.1, -0.05) is 12.1 Å². The summed E-state index contributed by atoms with van der Waals surface area (Å²) in [5, 5.41) is 3.85. The van der Waals surface area contributed by atoms with E-state index in [2.05, 4.69) is 5.32 Å². The maximum Gasteiger partial charge on any atom is 0.256 e. The quantitative estimate of drug-likeness (QED) is 0.668. The lowest BCUT2D eigenvalue weighted by atomic mass is 10.0. The topological polar surface area (TPSA) is 56.8 Å². The van der Waals surface area contributed by atoms with Crippen LogP contribution in [0.1, 0.15) is 11.1 Å². The summed E-state index contributed by atoms with van der Waals surface area (Å²) in [5.74, 6) is 0.602. The zero-order chi connectivity index (χ0) is 17.1. The Morgan fingerprint density at radius 3 is 2.33 bits per heavy atom. The summed E-state index contributed by atoms with van der Waals surface area (Å²) < 4.78 is 15.8. The summed E-state index contributed by atoms with van der Waals surface area (Å²) in [6.07, 6.45) is 1.87. The Balaban J connectivity index is 1.91. The van der Waals surface area contributed by atoms with Gasteiger partial charge >= 0.3 is 0 Å². The van der Waals surface area contributed by atoms with Crippen molar-refractivity contribution in [3.8, 4) is 5.75 Å². The van der Waals surface area contributed by atoms with Gasteiger partial charge in [-0.25, -0.2) is 0 Å². The van der Waals surface area contributed by atoms with Crippen molar-refractivity contribution in [3.63, 3.8) is 0 Å². The van der Waals surface area contributed by atoms with Crippen molar-refractivity contribution in [3.05, 3.63) is 53.6 Å². The van der Waals surface area contributed by atoms with Crippen LogP contribution in [0, 0.1) is 0 Å². The molecule has 1 amide bonds. The van der Waals surface area contributed by atoms with E-state index >= 15 is 0 Å². The molecule has 1 N–H and O–H groups in total. The van der Waals surface area contributed by atoms with E-state index in [1.807, 2.05) is 48.5 Å². The summed E-state index contributed by atoms with van der Waals surface area (Å²) in [6.45, 7) is 0. The third-order valence-corrected chi connectivity index (χ3v) is 5.14. The number of carbonyl (C=O) groups excluding carboxylic acids is 1. The first-order valence-corrected chi connectivity index (χ1v) is 8.54. The van der Waals surface area contributed by atoms with Crippen LogP contribution in [-0.4, -0.2) is 27.2 Å². The summed E-state index contributed by atoms with van der Waals surface area (Å²) in [7, 11) is 3.80. The van der Waals surface area contributed by atoms with Crippen LogP contribution in [-0.2, 0) is 13.8 Å². The molecular weight excluding hydrogens is 325 g/mol. The molecule has 124 valence electrons. The highest BCUT2D eigenvalue weighted by Crippen LogP contribution is 2.37. The second kappa shape index (κ2) is 7.14. The van der Waals surface area contributed by atoms with Gasteiger partial charge in [0, 0.05) is 36.7 Å². The Morgan fingerprint density at radius 1 is 1.00 bits per heavy atom. The molecule has 0 spiro atoms. The molecule has 0 unspecified atom stereocenters. The number of hydrogen-bond donors (Lipinski definition) is 1. The number of ether oxygens (including phenoxy) is 1. The van der Waals surface area contributed by atoms with Gasteiger partial charge in [-0.2, -0.15) is 0 Å². The predicted octanol–water partition coefficient (Wildman–Crippen LogP) is 3.42. The molecule has 0 radical (unpaired) electrons. The van der Waals surface area contributed by atoms with Crippen LogP contribution < -0.4 is 15.4 Å². The molecule has 0 saturated heterocycles. The third kappa shape index (κ3) is 3.20. The molecule has 0 bridgehead atoms. The number of carbonyl (C=O) groups is 1. The molecule has 24 heavy (non-hydrogen) atoms. The Kier molecular flexibility index (Phi) is 4.95. The van der Waals surface area contributed by atoms with E-state index in [1.165, 1.54) is 0 Å². The largest absolute Gasteiger partial charge is 0.497 e. The van der Waals surface area contributed by atoms with Crippen LogP contribution in [0.25, 0.3) is 11.6 Å². The summed E-state index contributed by atoms with van der Waals surface area (Å²) in [6, 6.07) is 13.4. The minimum Gasteiger partial charge on any atom is -0.497 e. The lowest BCUT2D eigenvalue weighted by Gasteiger charge is -2.12.